The molecule has 0 spiro atoms. The number of anilines is 1. The molecule has 0 N–H and O–H groups in total. The topological polar surface area (TPSA) is 110 Å². The van der Waals surface area contributed by atoms with E-state index in [1.807, 2.05) is 31.2 Å². The van der Waals surface area contributed by atoms with Crippen LogP contribution in [-0.4, -0.2) is 35.0 Å². The number of likely N-dealkylation sites (N-methyl/N-ethyl adjacent to an activating group) is 1. The molecule has 9 nitrogen and oxygen atoms in total. The van der Waals surface area contributed by atoms with E-state index in [0.717, 1.165) is 23.8 Å². The van der Waals surface area contributed by atoms with E-state index >= 15 is 0 Å². The molecule has 2 aromatic carbocycles. The van der Waals surface area contributed by atoms with Crippen LogP contribution in [0.1, 0.15) is 13.8 Å². The molecule has 0 aliphatic carbocycles. The van der Waals surface area contributed by atoms with Crippen LogP contribution in [0.5, 0.6) is 0 Å². The lowest BCUT2D eigenvalue weighted by Gasteiger charge is -2.22. The third-order valence-corrected chi connectivity index (χ3v) is 4.93. The summed E-state index contributed by atoms with van der Waals surface area (Å²) in [5.41, 5.74) is 2.28. The van der Waals surface area contributed by atoms with Gasteiger partial charge in [-0.2, -0.15) is 4.37 Å². The molecule has 10 heteroatoms. The number of nitro benzene ring substituents is 1. The molecule has 0 bridgehead atoms. The molecule has 0 aliphatic rings. The van der Waals surface area contributed by atoms with Gasteiger partial charge in [0.25, 0.3) is 5.69 Å². The number of aromatic nitrogens is 1. The van der Waals surface area contributed by atoms with Crippen LogP contribution < -0.4 is 4.90 Å². The zero-order chi connectivity index (χ0) is 20.8. The van der Waals surface area contributed by atoms with Crippen LogP contribution in [0, 0.1) is 10.1 Å². The number of fused-ring (bicyclic) bond motifs is 1. The summed E-state index contributed by atoms with van der Waals surface area (Å²) in [6.07, 6.45) is 0. The summed E-state index contributed by atoms with van der Waals surface area (Å²) in [6.45, 7) is 5.11. The van der Waals surface area contributed by atoms with Crippen LogP contribution in [0.3, 0.4) is 0 Å². The molecular weight excluding hydrogens is 394 g/mol. The van der Waals surface area contributed by atoms with Crippen LogP contribution >= 0.6 is 11.5 Å². The quantitative estimate of drug-likeness (QED) is 0.222. The normalized spacial score (nSPS) is 11.1. The molecule has 1 aromatic heterocycles. The van der Waals surface area contributed by atoms with Crippen molar-refractivity contribution in [3.63, 3.8) is 0 Å². The number of carbonyl (C=O) groups excluding carboxylic acids is 1. The van der Waals surface area contributed by atoms with Gasteiger partial charge in [0, 0.05) is 36.7 Å². The van der Waals surface area contributed by atoms with E-state index in [1.54, 1.807) is 6.07 Å². The maximum absolute atomic E-state index is 11.0. The highest BCUT2D eigenvalue weighted by Crippen LogP contribution is 2.34. The first-order chi connectivity index (χ1) is 14.0. The molecule has 29 heavy (non-hydrogen) atoms. The summed E-state index contributed by atoms with van der Waals surface area (Å²) in [6, 6.07) is 12.0. The Kier molecular flexibility index (Phi) is 6.45. The summed E-state index contributed by atoms with van der Waals surface area (Å²) in [4.78, 5) is 23.5. The van der Waals surface area contributed by atoms with E-state index in [-0.39, 0.29) is 11.7 Å². The van der Waals surface area contributed by atoms with Gasteiger partial charge < -0.3 is 9.64 Å². The van der Waals surface area contributed by atoms with Gasteiger partial charge in [0.05, 0.1) is 22.7 Å². The highest BCUT2D eigenvalue weighted by molar-refractivity contribution is 7.11. The largest absolute Gasteiger partial charge is 0.464 e. The van der Waals surface area contributed by atoms with Crippen molar-refractivity contribution in [2.75, 3.05) is 24.6 Å². The monoisotopic (exact) mass is 413 g/mol. The molecule has 0 saturated carbocycles. The number of non-ortho nitro benzene ring substituents is 1. The minimum Gasteiger partial charge on any atom is -0.464 e. The van der Waals surface area contributed by atoms with Gasteiger partial charge in [-0.1, -0.05) is 0 Å². The number of esters is 1. The Morgan fingerprint density at radius 2 is 2.00 bits per heavy atom. The third-order valence-electron chi connectivity index (χ3n) is 4.17. The Hall–Kier alpha value is -3.40. The maximum Gasteiger partial charge on any atom is 0.302 e. The summed E-state index contributed by atoms with van der Waals surface area (Å²) < 4.78 is 9.24. The average Bonchev–Trinajstić information content (AvgIpc) is 3.12. The number of hydrogen-bond donors (Lipinski definition) is 0. The maximum atomic E-state index is 11.0. The van der Waals surface area contributed by atoms with E-state index in [4.69, 9.17) is 4.74 Å². The number of carbonyl (C=O) groups is 1. The molecular formula is C19H19N5O4S. The summed E-state index contributed by atoms with van der Waals surface area (Å²) in [5.74, 6) is -0.294. The number of nitrogens with zero attached hydrogens (tertiary/aromatic N) is 5. The van der Waals surface area contributed by atoms with E-state index in [1.165, 1.54) is 19.1 Å². The SMILES string of the molecule is CCN(CCOC(C)=O)c1ccc(N=Nc2snc3ccc([N+](=O)[O-])cc23)cc1. The van der Waals surface area contributed by atoms with E-state index in [2.05, 4.69) is 19.5 Å². The van der Waals surface area contributed by atoms with Gasteiger partial charge in [-0.3, -0.25) is 14.9 Å². The molecule has 0 unspecified atom stereocenters. The first-order valence-corrected chi connectivity index (χ1v) is 9.69. The Morgan fingerprint density at radius 3 is 2.66 bits per heavy atom. The second-order valence-electron chi connectivity index (χ2n) is 6.08. The van der Waals surface area contributed by atoms with Crippen LogP contribution in [-0.2, 0) is 9.53 Å². The van der Waals surface area contributed by atoms with Gasteiger partial charge in [0.15, 0.2) is 5.00 Å². The Labute approximate surface area is 170 Å². The summed E-state index contributed by atoms with van der Waals surface area (Å²) >= 11 is 1.14. The molecule has 0 amide bonds. The van der Waals surface area contributed by atoms with Gasteiger partial charge in [-0.25, -0.2) is 0 Å². The number of hydrogen-bond acceptors (Lipinski definition) is 9. The second kappa shape index (κ2) is 9.20. The van der Waals surface area contributed by atoms with Crippen molar-refractivity contribution < 1.29 is 14.5 Å². The number of rotatable bonds is 8. The predicted molar refractivity (Wildman–Crippen MR) is 111 cm³/mol. The number of ether oxygens (including phenoxy) is 1. The minimum absolute atomic E-state index is 0.00749. The smallest absolute Gasteiger partial charge is 0.302 e. The average molecular weight is 413 g/mol. The summed E-state index contributed by atoms with van der Waals surface area (Å²) in [5, 5.41) is 20.5. The molecule has 0 radical (unpaired) electrons. The van der Waals surface area contributed by atoms with Gasteiger partial charge in [-0.15, -0.1) is 10.2 Å². The van der Waals surface area contributed by atoms with Crippen LogP contribution in [0.2, 0.25) is 0 Å². The van der Waals surface area contributed by atoms with Crippen molar-refractivity contribution in [2.24, 2.45) is 10.2 Å². The van der Waals surface area contributed by atoms with Gasteiger partial charge in [0.2, 0.25) is 0 Å². The number of benzene rings is 2. The predicted octanol–water partition coefficient (Wildman–Crippen LogP) is 5.01. The fourth-order valence-electron chi connectivity index (χ4n) is 2.70. The Balaban J connectivity index is 1.73. The lowest BCUT2D eigenvalue weighted by Crippen LogP contribution is -2.27. The van der Waals surface area contributed by atoms with Crippen molar-refractivity contribution in [2.45, 2.75) is 13.8 Å². The van der Waals surface area contributed by atoms with Crippen molar-refractivity contribution >= 4 is 50.5 Å². The van der Waals surface area contributed by atoms with Gasteiger partial charge in [0.1, 0.15) is 6.61 Å². The Bertz CT molecular complexity index is 1050. The molecule has 150 valence electrons. The third kappa shape index (κ3) is 5.11. The lowest BCUT2D eigenvalue weighted by molar-refractivity contribution is -0.384. The molecule has 0 aliphatic heterocycles. The second-order valence-corrected chi connectivity index (χ2v) is 6.83. The number of nitro groups is 1. The first kappa shape index (κ1) is 20.3. The fourth-order valence-corrected chi connectivity index (χ4v) is 3.39. The zero-order valence-corrected chi connectivity index (χ0v) is 16.8. The number of azo groups is 1. The van der Waals surface area contributed by atoms with E-state index < -0.39 is 4.92 Å². The van der Waals surface area contributed by atoms with Crippen LogP contribution in [0.25, 0.3) is 10.9 Å². The fraction of sp³-hybridized carbons (Fsp3) is 0.263. The zero-order valence-electron chi connectivity index (χ0n) is 15.9. The lowest BCUT2D eigenvalue weighted by atomic mass is 10.2. The summed E-state index contributed by atoms with van der Waals surface area (Å²) in [7, 11) is 0. The van der Waals surface area contributed by atoms with E-state index in [9.17, 15) is 14.9 Å². The molecule has 3 rings (SSSR count). The highest BCUT2D eigenvalue weighted by Gasteiger charge is 2.12. The van der Waals surface area contributed by atoms with Crippen molar-refractivity contribution in [1.82, 2.24) is 4.37 Å². The Morgan fingerprint density at radius 1 is 1.24 bits per heavy atom. The molecule has 0 saturated heterocycles. The molecule has 3 aromatic rings. The molecule has 1 heterocycles. The van der Waals surface area contributed by atoms with Crippen LogP contribution in [0.4, 0.5) is 22.1 Å². The van der Waals surface area contributed by atoms with Crippen LogP contribution in [0.15, 0.2) is 52.7 Å². The highest BCUT2D eigenvalue weighted by atomic mass is 32.1. The van der Waals surface area contributed by atoms with Crippen molar-refractivity contribution in [1.29, 1.82) is 0 Å². The molecule has 0 fully saturated rings. The van der Waals surface area contributed by atoms with Crippen molar-refractivity contribution in [3.8, 4) is 0 Å². The van der Waals surface area contributed by atoms with Gasteiger partial charge >= 0.3 is 5.97 Å². The van der Waals surface area contributed by atoms with Crippen molar-refractivity contribution in [3.05, 3.63) is 52.6 Å². The first-order valence-electron chi connectivity index (χ1n) is 8.92. The minimum atomic E-state index is -0.447. The standard InChI is InChI=1S/C19H19N5O4S/c1-3-23(10-11-28-13(2)25)15-6-4-14(5-7-15)20-21-19-17-12-16(24(26)27)8-9-18(17)22-29-19/h4-9,12H,3,10-11H2,1-2H3. The van der Waals surface area contributed by atoms with Gasteiger partial charge in [-0.05, 0) is 48.8 Å². The van der Waals surface area contributed by atoms with E-state index in [0.29, 0.717) is 34.7 Å². The molecule has 0 atom stereocenters.